The topological polar surface area (TPSA) is 23.6 Å². The molecule has 0 saturated carbocycles. The van der Waals surface area contributed by atoms with Crippen LogP contribution in [0, 0.1) is 5.92 Å². The summed E-state index contributed by atoms with van der Waals surface area (Å²) in [4.78, 5) is 15.0. The van der Waals surface area contributed by atoms with Gasteiger partial charge in [-0.05, 0) is 30.0 Å². The number of anilines is 1. The highest BCUT2D eigenvalue weighted by Crippen LogP contribution is 2.17. The van der Waals surface area contributed by atoms with Gasteiger partial charge in [-0.3, -0.25) is 4.90 Å². The van der Waals surface area contributed by atoms with Crippen LogP contribution in [-0.4, -0.2) is 43.9 Å². The molecule has 0 amide bonds. The van der Waals surface area contributed by atoms with E-state index in [-0.39, 0.29) is 0 Å². The minimum atomic E-state index is 0.572. The second-order valence-electron chi connectivity index (χ2n) is 6.21. The van der Waals surface area contributed by atoms with Crippen molar-refractivity contribution >= 4 is 12.0 Å². The predicted octanol–water partition coefficient (Wildman–Crippen LogP) is 3.23. The summed E-state index contributed by atoms with van der Waals surface area (Å²) in [5.74, 6) is 0.833. The van der Waals surface area contributed by atoms with Gasteiger partial charge in [0, 0.05) is 31.9 Å². The molecule has 1 aliphatic rings. The average Bonchev–Trinajstić information content (AvgIpc) is 2.48. The van der Waals surface area contributed by atoms with Crippen LogP contribution in [0.2, 0.25) is 0 Å². The summed E-state index contributed by atoms with van der Waals surface area (Å²) >= 11 is 0. The number of piperazine rings is 1. The third kappa shape index (κ3) is 6.76. The number of carbonyl (C=O) groups is 1. The summed E-state index contributed by atoms with van der Waals surface area (Å²) in [6.07, 6.45) is 2.08. The highest BCUT2D eigenvalue weighted by molar-refractivity contribution is 5.52. The number of benzene rings is 1. The van der Waals surface area contributed by atoms with Gasteiger partial charge in [0.25, 0.3) is 0 Å². The van der Waals surface area contributed by atoms with Crippen LogP contribution in [0.25, 0.3) is 0 Å². The van der Waals surface area contributed by atoms with Gasteiger partial charge < -0.3 is 9.69 Å². The fraction of sp³-hybridized carbons (Fsp3) is 0.611. The van der Waals surface area contributed by atoms with Gasteiger partial charge >= 0.3 is 0 Å². The van der Waals surface area contributed by atoms with Crippen LogP contribution in [0.5, 0.6) is 0 Å². The summed E-state index contributed by atoms with van der Waals surface area (Å²) < 4.78 is 0. The van der Waals surface area contributed by atoms with Crippen LogP contribution in [0.4, 0.5) is 5.69 Å². The lowest BCUT2D eigenvalue weighted by molar-refractivity contribution is -0.108. The molecule has 0 aromatic heterocycles. The molecule has 0 aliphatic carbocycles. The van der Waals surface area contributed by atoms with Crippen molar-refractivity contribution in [1.29, 1.82) is 0 Å². The molecule has 0 N–H and O–H groups in total. The Bertz CT molecular complexity index is 389. The molecule has 0 bridgehead atoms. The molecule has 1 fully saturated rings. The van der Waals surface area contributed by atoms with Crippen molar-refractivity contribution in [1.82, 2.24) is 4.90 Å². The smallest absolute Gasteiger partial charge is 0.133 e. The van der Waals surface area contributed by atoms with Gasteiger partial charge in [0.1, 0.15) is 6.29 Å². The van der Waals surface area contributed by atoms with Crippen molar-refractivity contribution < 1.29 is 4.79 Å². The van der Waals surface area contributed by atoms with Crippen LogP contribution in [-0.2, 0) is 11.2 Å². The Kier molecular flexibility index (Phi) is 8.06. The molecule has 21 heavy (non-hydrogen) atoms. The van der Waals surface area contributed by atoms with Crippen LogP contribution in [0.15, 0.2) is 24.3 Å². The Morgan fingerprint density at radius 2 is 1.57 bits per heavy atom. The van der Waals surface area contributed by atoms with Crippen molar-refractivity contribution in [3.05, 3.63) is 29.8 Å². The monoisotopic (exact) mass is 290 g/mol. The number of nitrogens with zero attached hydrogens (tertiary/aromatic N) is 2. The standard InChI is InChI=1S/C14H20N2O.C4H10/c1-2-13-3-5-14(6-4-13)16-9-7-15(8-10-16)11-12-17;1-4(2)3/h3-6,12H,2,7-11H2,1H3;4H,1-3H3. The third-order valence-electron chi connectivity index (χ3n) is 3.41. The second kappa shape index (κ2) is 9.56. The first-order chi connectivity index (χ1) is 10.1. The quantitative estimate of drug-likeness (QED) is 0.795. The van der Waals surface area contributed by atoms with Gasteiger partial charge in [0.2, 0.25) is 0 Å². The van der Waals surface area contributed by atoms with Gasteiger partial charge in [-0.15, -0.1) is 0 Å². The lowest BCUT2D eigenvalue weighted by atomic mass is 10.1. The molecule has 1 aliphatic heterocycles. The van der Waals surface area contributed by atoms with E-state index in [1.165, 1.54) is 11.3 Å². The molecule has 0 atom stereocenters. The Morgan fingerprint density at radius 1 is 1.05 bits per heavy atom. The highest BCUT2D eigenvalue weighted by atomic mass is 16.1. The molecule has 1 aromatic rings. The summed E-state index contributed by atoms with van der Waals surface area (Å²) in [6, 6.07) is 8.81. The fourth-order valence-electron chi connectivity index (χ4n) is 2.24. The summed E-state index contributed by atoms with van der Waals surface area (Å²) in [5, 5.41) is 0. The zero-order valence-corrected chi connectivity index (χ0v) is 14.0. The average molecular weight is 290 g/mol. The fourth-order valence-corrected chi connectivity index (χ4v) is 2.24. The zero-order valence-electron chi connectivity index (χ0n) is 14.0. The molecule has 3 heteroatoms. The highest BCUT2D eigenvalue weighted by Gasteiger charge is 2.16. The van der Waals surface area contributed by atoms with Crippen molar-refractivity contribution in [3.8, 4) is 0 Å². The molecular formula is C18H30N2O. The number of hydrogen-bond acceptors (Lipinski definition) is 3. The first kappa shape index (κ1) is 17.7. The maximum absolute atomic E-state index is 10.4. The van der Waals surface area contributed by atoms with Gasteiger partial charge in [0.15, 0.2) is 0 Å². The molecule has 1 heterocycles. The summed E-state index contributed by atoms with van der Waals surface area (Å²) in [7, 11) is 0. The van der Waals surface area contributed by atoms with E-state index >= 15 is 0 Å². The maximum Gasteiger partial charge on any atom is 0.133 e. The number of aryl methyl sites for hydroxylation is 1. The van der Waals surface area contributed by atoms with Crippen LogP contribution >= 0.6 is 0 Å². The van der Waals surface area contributed by atoms with Gasteiger partial charge in [-0.25, -0.2) is 0 Å². The van der Waals surface area contributed by atoms with E-state index in [9.17, 15) is 4.79 Å². The first-order valence-electron chi connectivity index (χ1n) is 8.06. The molecule has 0 unspecified atom stereocenters. The van der Waals surface area contributed by atoms with E-state index in [2.05, 4.69) is 61.8 Å². The van der Waals surface area contributed by atoms with Crippen molar-refractivity contribution in [2.75, 3.05) is 37.6 Å². The zero-order chi connectivity index (χ0) is 15.7. The number of rotatable bonds is 4. The Balaban J connectivity index is 0.000000491. The van der Waals surface area contributed by atoms with Gasteiger partial charge in [0.05, 0.1) is 6.54 Å². The van der Waals surface area contributed by atoms with E-state index in [4.69, 9.17) is 0 Å². The minimum Gasteiger partial charge on any atom is -0.369 e. The van der Waals surface area contributed by atoms with E-state index in [1.54, 1.807) is 0 Å². The molecule has 1 aromatic carbocycles. The molecular weight excluding hydrogens is 260 g/mol. The maximum atomic E-state index is 10.4. The summed E-state index contributed by atoms with van der Waals surface area (Å²) in [5.41, 5.74) is 2.68. The van der Waals surface area contributed by atoms with Crippen LogP contribution < -0.4 is 4.90 Å². The second-order valence-corrected chi connectivity index (χ2v) is 6.21. The van der Waals surface area contributed by atoms with Gasteiger partial charge in [-0.2, -0.15) is 0 Å². The van der Waals surface area contributed by atoms with Crippen molar-refractivity contribution in [2.24, 2.45) is 5.92 Å². The predicted molar refractivity (Wildman–Crippen MR) is 91.0 cm³/mol. The number of aldehydes is 1. The molecule has 3 nitrogen and oxygen atoms in total. The molecule has 1 saturated heterocycles. The molecule has 0 spiro atoms. The summed E-state index contributed by atoms with van der Waals surface area (Å²) in [6.45, 7) is 13.2. The number of hydrogen-bond donors (Lipinski definition) is 0. The Labute approximate surface area is 129 Å². The minimum absolute atomic E-state index is 0.572. The molecule has 0 radical (unpaired) electrons. The van der Waals surface area contributed by atoms with E-state index < -0.39 is 0 Å². The van der Waals surface area contributed by atoms with Crippen LogP contribution in [0.3, 0.4) is 0 Å². The molecule has 2 rings (SSSR count). The Morgan fingerprint density at radius 3 is 2.00 bits per heavy atom. The van der Waals surface area contributed by atoms with Crippen molar-refractivity contribution in [2.45, 2.75) is 34.1 Å². The largest absolute Gasteiger partial charge is 0.369 e. The van der Waals surface area contributed by atoms with E-state index in [0.29, 0.717) is 6.54 Å². The van der Waals surface area contributed by atoms with E-state index in [1.807, 2.05) is 0 Å². The lowest BCUT2D eigenvalue weighted by Crippen LogP contribution is -2.46. The van der Waals surface area contributed by atoms with Crippen LogP contribution in [0.1, 0.15) is 33.3 Å². The molecule has 118 valence electrons. The SMILES string of the molecule is CC(C)C.CCc1ccc(N2CCN(CC=O)CC2)cc1. The van der Waals surface area contributed by atoms with Gasteiger partial charge in [-0.1, -0.05) is 39.8 Å². The lowest BCUT2D eigenvalue weighted by Gasteiger charge is -2.35. The van der Waals surface area contributed by atoms with E-state index in [0.717, 1.165) is 44.8 Å². The third-order valence-corrected chi connectivity index (χ3v) is 3.41. The normalized spacial score (nSPS) is 15.6. The Hall–Kier alpha value is -1.35. The number of carbonyl (C=O) groups excluding carboxylic acids is 1. The first-order valence-corrected chi connectivity index (χ1v) is 8.06. The van der Waals surface area contributed by atoms with Crippen molar-refractivity contribution in [3.63, 3.8) is 0 Å².